The van der Waals surface area contributed by atoms with Crippen molar-refractivity contribution >= 4 is 11.9 Å². The van der Waals surface area contributed by atoms with Crippen molar-refractivity contribution in [1.29, 1.82) is 0 Å². The molecule has 0 radical (unpaired) electrons. The molecule has 2 aromatic rings. The number of hydrogen-bond acceptors (Lipinski definition) is 6. The van der Waals surface area contributed by atoms with Crippen molar-refractivity contribution in [1.82, 2.24) is 4.90 Å². The number of rotatable bonds is 9. The Bertz CT molecular complexity index is 887. The average Bonchev–Trinajstić information content (AvgIpc) is 3.29. The van der Waals surface area contributed by atoms with Gasteiger partial charge in [0.15, 0.2) is 18.1 Å². The molecule has 0 saturated carbocycles. The van der Waals surface area contributed by atoms with Crippen molar-refractivity contribution in [2.75, 3.05) is 20.3 Å². The van der Waals surface area contributed by atoms with Gasteiger partial charge in [-0.2, -0.15) is 0 Å². The van der Waals surface area contributed by atoms with E-state index in [1.54, 1.807) is 35.4 Å². The van der Waals surface area contributed by atoms with Gasteiger partial charge in [-0.3, -0.25) is 4.79 Å². The molecule has 0 fully saturated rings. The zero-order valence-electron chi connectivity index (χ0n) is 17.4. The fourth-order valence-corrected chi connectivity index (χ4v) is 3.34. The van der Waals surface area contributed by atoms with Crippen LogP contribution in [0.15, 0.2) is 52.8 Å². The number of furan rings is 1. The highest BCUT2D eigenvalue weighted by Gasteiger charge is 2.23. The first kappa shape index (κ1) is 21.5. The van der Waals surface area contributed by atoms with Crippen LogP contribution in [0, 0.1) is 0 Å². The maximum absolute atomic E-state index is 12.9. The predicted molar refractivity (Wildman–Crippen MR) is 110 cm³/mol. The predicted octanol–water partition coefficient (Wildman–Crippen LogP) is 4.33. The lowest BCUT2D eigenvalue weighted by Gasteiger charge is -2.27. The zero-order valence-corrected chi connectivity index (χ0v) is 17.4. The molecule has 0 aliphatic heterocycles. The smallest absolute Gasteiger partial charge is 0.338 e. The fraction of sp³-hybridized carbons (Fsp3) is 0.391. The Hall–Kier alpha value is -3.22. The summed E-state index contributed by atoms with van der Waals surface area (Å²) >= 11 is 0. The number of hydrogen-bond donors (Lipinski definition) is 0. The quantitative estimate of drug-likeness (QED) is 0.570. The van der Waals surface area contributed by atoms with Crippen molar-refractivity contribution in [3.05, 3.63) is 59.7 Å². The number of methoxy groups -OCH3 is 1. The molecule has 30 heavy (non-hydrogen) atoms. The largest absolute Gasteiger partial charge is 0.493 e. The second-order valence-electron chi connectivity index (χ2n) is 6.88. The summed E-state index contributed by atoms with van der Waals surface area (Å²) in [5.74, 6) is 0.776. The van der Waals surface area contributed by atoms with Gasteiger partial charge < -0.3 is 23.5 Å². The Morgan fingerprint density at radius 2 is 2.03 bits per heavy atom. The number of nitrogens with zero attached hydrogens (tertiary/aromatic N) is 1. The van der Waals surface area contributed by atoms with Gasteiger partial charge in [0.1, 0.15) is 5.76 Å². The first-order valence-electron chi connectivity index (χ1n) is 10.1. The van der Waals surface area contributed by atoms with Crippen LogP contribution in [0.3, 0.4) is 0 Å². The first-order valence-corrected chi connectivity index (χ1v) is 10.1. The molecule has 1 aliphatic rings. The van der Waals surface area contributed by atoms with Gasteiger partial charge in [0.2, 0.25) is 0 Å². The highest BCUT2D eigenvalue weighted by Crippen LogP contribution is 2.28. The molecule has 7 nitrogen and oxygen atoms in total. The van der Waals surface area contributed by atoms with Gasteiger partial charge in [0.25, 0.3) is 5.91 Å². The molecule has 0 bridgehead atoms. The second kappa shape index (κ2) is 10.5. The minimum atomic E-state index is -0.595. The van der Waals surface area contributed by atoms with E-state index in [1.807, 2.05) is 13.0 Å². The zero-order chi connectivity index (χ0) is 21.3. The maximum Gasteiger partial charge on any atom is 0.338 e. The third kappa shape index (κ3) is 5.43. The molecular formula is C23H27NO6. The normalized spacial score (nSPS) is 13.3. The van der Waals surface area contributed by atoms with Crippen molar-refractivity contribution < 1.29 is 28.2 Å². The molecule has 160 valence electrons. The second-order valence-corrected chi connectivity index (χ2v) is 6.88. The maximum atomic E-state index is 12.9. The SMILES string of the molecule is CCOc1cc(C(=O)OCC(=O)N(Cc2ccco2)C2=CCCCC2)ccc1OC. The summed E-state index contributed by atoms with van der Waals surface area (Å²) in [5, 5.41) is 0. The van der Waals surface area contributed by atoms with E-state index in [2.05, 4.69) is 6.08 Å². The number of carbonyl (C=O) groups is 2. The monoisotopic (exact) mass is 413 g/mol. The van der Waals surface area contributed by atoms with Gasteiger partial charge >= 0.3 is 5.97 Å². The minimum absolute atomic E-state index is 0.286. The van der Waals surface area contributed by atoms with Crippen LogP contribution in [0.2, 0.25) is 0 Å². The molecule has 1 aromatic heterocycles. The lowest BCUT2D eigenvalue weighted by Crippen LogP contribution is -2.34. The van der Waals surface area contributed by atoms with Gasteiger partial charge in [0, 0.05) is 5.70 Å². The number of amides is 1. The number of esters is 1. The molecule has 0 unspecified atom stereocenters. The Morgan fingerprint density at radius 1 is 1.17 bits per heavy atom. The lowest BCUT2D eigenvalue weighted by molar-refractivity contribution is -0.133. The molecule has 0 spiro atoms. The van der Waals surface area contributed by atoms with Crippen LogP contribution in [-0.2, 0) is 16.1 Å². The van der Waals surface area contributed by atoms with Gasteiger partial charge in [-0.15, -0.1) is 0 Å². The Morgan fingerprint density at radius 3 is 2.70 bits per heavy atom. The van der Waals surface area contributed by atoms with Crippen LogP contribution >= 0.6 is 0 Å². The summed E-state index contributed by atoms with van der Waals surface area (Å²) in [6.45, 7) is 2.24. The van der Waals surface area contributed by atoms with Crippen molar-refractivity contribution in [3.8, 4) is 11.5 Å². The summed E-state index contributed by atoms with van der Waals surface area (Å²) in [6.07, 6.45) is 7.54. The summed E-state index contributed by atoms with van der Waals surface area (Å²) in [4.78, 5) is 27.0. The van der Waals surface area contributed by atoms with Crippen LogP contribution in [0.5, 0.6) is 11.5 Å². The molecule has 7 heteroatoms. The first-order chi connectivity index (χ1) is 14.6. The summed E-state index contributed by atoms with van der Waals surface area (Å²) in [7, 11) is 1.53. The number of allylic oxidation sites excluding steroid dienone is 2. The van der Waals surface area contributed by atoms with E-state index in [0.29, 0.717) is 36.0 Å². The van der Waals surface area contributed by atoms with Crippen molar-refractivity contribution in [3.63, 3.8) is 0 Å². The number of benzene rings is 1. The topological polar surface area (TPSA) is 78.2 Å². The van der Waals surface area contributed by atoms with E-state index < -0.39 is 5.97 Å². The Balaban J connectivity index is 1.67. The van der Waals surface area contributed by atoms with E-state index in [4.69, 9.17) is 18.6 Å². The van der Waals surface area contributed by atoms with Crippen LogP contribution in [0.4, 0.5) is 0 Å². The fourth-order valence-electron chi connectivity index (χ4n) is 3.34. The van der Waals surface area contributed by atoms with Crippen LogP contribution < -0.4 is 9.47 Å². The van der Waals surface area contributed by atoms with Gasteiger partial charge in [-0.1, -0.05) is 6.08 Å². The molecule has 1 aliphatic carbocycles. The number of ether oxygens (including phenoxy) is 3. The minimum Gasteiger partial charge on any atom is -0.493 e. The van der Waals surface area contributed by atoms with Crippen LogP contribution in [0.1, 0.15) is 48.7 Å². The van der Waals surface area contributed by atoms with Gasteiger partial charge in [0.05, 0.1) is 32.1 Å². The van der Waals surface area contributed by atoms with Crippen LogP contribution in [0.25, 0.3) is 0 Å². The molecule has 0 saturated heterocycles. The standard InChI is InChI=1S/C23H27NO6/c1-3-28-21-14-17(11-12-20(21)27-2)23(26)30-16-22(25)24(15-19-10-7-13-29-19)18-8-5-4-6-9-18/h7-8,10-14H,3-6,9,15-16H2,1-2H3. The van der Waals surface area contributed by atoms with E-state index in [0.717, 1.165) is 31.4 Å². The summed E-state index contributed by atoms with van der Waals surface area (Å²) in [6, 6.07) is 8.38. The van der Waals surface area contributed by atoms with Crippen LogP contribution in [-0.4, -0.2) is 37.1 Å². The molecule has 3 rings (SSSR count). The lowest BCUT2D eigenvalue weighted by atomic mass is 10.0. The Labute approximate surface area is 176 Å². The molecule has 1 heterocycles. The van der Waals surface area contributed by atoms with Gasteiger partial charge in [-0.25, -0.2) is 4.79 Å². The third-order valence-corrected chi connectivity index (χ3v) is 4.83. The molecule has 0 N–H and O–H groups in total. The van der Waals surface area contributed by atoms with Gasteiger partial charge in [-0.05, 0) is 62.9 Å². The summed E-state index contributed by atoms with van der Waals surface area (Å²) < 4.78 is 21.4. The van der Waals surface area contributed by atoms with E-state index in [9.17, 15) is 9.59 Å². The third-order valence-electron chi connectivity index (χ3n) is 4.83. The van der Waals surface area contributed by atoms with Crippen molar-refractivity contribution in [2.45, 2.75) is 39.2 Å². The van der Waals surface area contributed by atoms with E-state index in [-0.39, 0.29) is 12.5 Å². The number of carbonyl (C=O) groups excluding carboxylic acids is 2. The molecular weight excluding hydrogens is 386 g/mol. The summed E-state index contributed by atoms with van der Waals surface area (Å²) in [5.41, 5.74) is 1.24. The highest BCUT2D eigenvalue weighted by atomic mass is 16.5. The Kier molecular flexibility index (Phi) is 7.54. The molecule has 1 amide bonds. The average molecular weight is 413 g/mol. The molecule has 1 aromatic carbocycles. The van der Waals surface area contributed by atoms with E-state index >= 15 is 0 Å². The van der Waals surface area contributed by atoms with Crippen molar-refractivity contribution in [2.24, 2.45) is 0 Å². The molecule has 0 atom stereocenters. The van der Waals surface area contributed by atoms with E-state index in [1.165, 1.54) is 7.11 Å². The highest BCUT2D eigenvalue weighted by molar-refractivity contribution is 5.92.